The Morgan fingerprint density at radius 3 is 1.57 bits per heavy atom. The van der Waals surface area contributed by atoms with E-state index in [0.717, 1.165) is 60.4 Å². The van der Waals surface area contributed by atoms with Crippen molar-refractivity contribution in [2.45, 2.75) is 116 Å². The molecular weight excluding hydrogens is 770 g/mol. The summed E-state index contributed by atoms with van der Waals surface area (Å²) in [4.78, 5) is 86.1. The first-order chi connectivity index (χ1) is 26.4. The molecule has 21 heteroatoms. The molecule has 1 N–H and O–H groups in total. The lowest BCUT2D eigenvalue weighted by Gasteiger charge is -2.48. The fourth-order valence-electron chi connectivity index (χ4n) is 5.77. The van der Waals surface area contributed by atoms with Crippen LogP contribution in [-0.4, -0.2) is 130 Å². The summed E-state index contributed by atoms with van der Waals surface area (Å²) in [5, 5.41) is 0. The minimum atomic E-state index is -1.79. The molecule has 56 heavy (non-hydrogen) atoms. The number of rotatable bonds is 17. The summed E-state index contributed by atoms with van der Waals surface area (Å²) in [6.45, 7) is 6.69. The largest absolute Gasteiger partial charge is 0.497 e. The molecule has 312 valence electrons. The van der Waals surface area contributed by atoms with Crippen LogP contribution >= 0.6 is 11.9 Å². The molecule has 2 fully saturated rings. The van der Waals surface area contributed by atoms with Crippen LogP contribution in [0.2, 0.25) is 0 Å². The van der Waals surface area contributed by atoms with Gasteiger partial charge in [0.1, 0.15) is 43.0 Å². The topological polar surface area (TPSA) is 242 Å². The number of hydrogen-bond donors (Lipinski definition) is 1. The van der Waals surface area contributed by atoms with E-state index in [-0.39, 0.29) is 6.54 Å². The number of hydrogen-bond acceptors (Lipinski definition) is 21. The summed E-state index contributed by atoms with van der Waals surface area (Å²) < 4.78 is 70.9. The summed E-state index contributed by atoms with van der Waals surface area (Å²) in [7, 11) is 3.00. The van der Waals surface area contributed by atoms with Crippen LogP contribution < -0.4 is 14.2 Å². The zero-order valence-electron chi connectivity index (χ0n) is 32.3. The molecule has 2 aliphatic rings. The molecule has 10 atom stereocenters. The standard InChI is InChI=1S/C35H47NO19S/c1-16(37)46-14-26-28(48-18(3)39)30(49-19(4)40)32(51-21(6)42)34(53-26)55-29-27(15-47-17(2)38)54-35(33(52-22(7)43)31(29)50-20(5)41)56-36-13-23-10-11-24(44-8)12-25(23)45-9/h10-12,26-36H,13-15H2,1-9H3/t26-,27-,28-,29-,30+,31+,32-,33-,34-,35+/m1/s1. The van der Waals surface area contributed by atoms with Crippen molar-refractivity contribution in [3.8, 4) is 11.5 Å². The van der Waals surface area contributed by atoms with Crippen molar-refractivity contribution in [1.29, 1.82) is 0 Å². The first-order valence-electron chi connectivity index (χ1n) is 17.1. The molecule has 0 aromatic heterocycles. The fourth-order valence-corrected chi connectivity index (χ4v) is 6.71. The molecule has 0 spiro atoms. The van der Waals surface area contributed by atoms with Gasteiger partial charge in [0.05, 0.1) is 14.2 Å². The maximum atomic E-state index is 12.7. The van der Waals surface area contributed by atoms with Crippen LogP contribution in [0.3, 0.4) is 0 Å². The third-order valence-corrected chi connectivity index (χ3v) is 8.76. The molecule has 3 rings (SSSR count). The van der Waals surface area contributed by atoms with Crippen LogP contribution in [0.15, 0.2) is 18.2 Å². The number of nitrogens with one attached hydrogen (secondary N) is 1. The van der Waals surface area contributed by atoms with Gasteiger partial charge in [-0.1, -0.05) is 6.07 Å². The maximum Gasteiger partial charge on any atom is 0.303 e. The van der Waals surface area contributed by atoms with Gasteiger partial charge in [0.25, 0.3) is 0 Å². The molecule has 2 heterocycles. The van der Waals surface area contributed by atoms with E-state index in [1.807, 2.05) is 0 Å². The van der Waals surface area contributed by atoms with Gasteiger partial charge in [0.15, 0.2) is 42.2 Å². The van der Waals surface area contributed by atoms with Crippen LogP contribution in [0, 0.1) is 0 Å². The average Bonchev–Trinajstić information content (AvgIpc) is 3.10. The highest BCUT2D eigenvalue weighted by Crippen LogP contribution is 2.37. The van der Waals surface area contributed by atoms with E-state index in [9.17, 15) is 33.6 Å². The second kappa shape index (κ2) is 21.6. The number of carbonyl (C=O) groups excluding carboxylic acids is 7. The number of esters is 7. The zero-order valence-corrected chi connectivity index (χ0v) is 33.1. The number of ether oxygens (including phenoxy) is 12. The van der Waals surface area contributed by atoms with Gasteiger partial charge >= 0.3 is 41.8 Å². The van der Waals surface area contributed by atoms with Crippen molar-refractivity contribution in [2.24, 2.45) is 0 Å². The SMILES string of the molecule is COc1ccc(CNS[C@@H]2O[C@H](COC(C)=O)[C@@H](O[C@H]3O[C@H](COC(C)=O)[C@@H](OC(C)=O)[C@H](OC(C)=O)[C@H]3OC(C)=O)[C@H](OC(C)=O)[C@H]2OC(C)=O)c(OC)c1. The fraction of sp³-hybridized carbons (Fsp3) is 0.629. The Morgan fingerprint density at radius 2 is 1.07 bits per heavy atom. The van der Waals surface area contributed by atoms with Crippen LogP contribution in [0.4, 0.5) is 0 Å². The van der Waals surface area contributed by atoms with Gasteiger partial charge in [0.2, 0.25) is 0 Å². The lowest BCUT2D eigenvalue weighted by atomic mass is 9.96. The molecule has 0 bridgehead atoms. The second-order valence-corrected chi connectivity index (χ2v) is 13.3. The van der Waals surface area contributed by atoms with E-state index < -0.39 is 116 Å². The molecule has 1 aromatic carbocycles. The van der Waals surface area contributed by atoms with E-state index in [1.165, 1.54) is 14.2 Å². The summed E-state index contributed by atoms with van der Waals surface area (Å²) in [6.07, 6.45) is -13.8. The van der Waals surface area contributed by atoms with E-state index in [1.54, 1.807) is 18.2 Å². The van der Waals surface area contributed by atoms with Gasteiger partial charge in [-0.2, -0.15) is 0 Å². The Hall–Kier alpha value is -4.70. The summed E-state index contributed by atoms with van der Waals surface area (Å²) >= 11 is 0.942. The Bertz CT molecular complexity index is 1570. The quantitative estimate of drug-likeness (QED) is 0.131. The van der Waals surface area contributed by atoms with Gasteiger partial charge in [-0.3, -0.25) is 38.3 Å². The van der Waals surface area contributed by atoms with Crippen molar-refractivity contribution < 1.29 is 90.4 Å². The number of methoxy groups -OCH3 is 2. The highest BCUT2D eigenvalue weighted by molar-refractivity contribution is 7.97. The van der Waals surface area contributed by atoms with E-state index in [4.69, 9.17) is 56.8 Å². The third-order valence-electron chi connectivity index (χ3n) is 7.84. The second-order valence-electron chi connectivity index (χ2n) is 12.3. The van der Waals surface area contributed by atoms with Crippen molar-refractivity contribution in [3.05, 3.63) is 23.8 Å². The van der Waals surface area contributed by atoms with Crippen LogP contribution in [0.25, 0.3) is 0 Å². The van der Waals surface area contributed by atoms with Gasteiger partial charge in [-0.25, -0.2) is 0 Å². The minimum Gasteiger partial charge on any atom is -0.497 e. The van der Waals surface area contributed by atoms with Gasteiger partial charge in [-0.15, -0.1) is 0 Å². The minimum absolute atomic E-state index is 0.183. The molecule has 0 aliphatic carbocycles. The van der Waals surface area contributed by atoms with Crippen molar-refractivity contribution >= 4 is 53.7 Å². The molecule has 1 aromatic rings. The van der Waals surface area contributed by atoms with E-state index in [0.29, 0.717) is 17.1 Å². The summed E-state index contributed by atoms with van der Waals surface area (Å²) in [5.74, 6) is -4.72. The van der Waals surface area contributed by atoms with Crippen LogP contribution in [0.1, 0.15) is 54.0 Å². The molecule has 0 radical (unpaired) electrons. The highest BCUT2D eigenvalue weighted by Gasteiger charge is 2.57. The predicted octanol–water partition coefficient (Wildman–Crippen LogP) is 1.06. The Labute approximate surface area is 326 Å². The highest BCUT2D eigenvalue weighted by atomic mass is 32.2. The van der Waals surface area contributed by atoms with Crippen LogP contribution in [0.5, 0.6) is 11.5 Å². The first-order valence-corrected chi connectivity index (χ1v) is 18.0. The summed E-state index contributed by atoms with van der Waals surface area (Å²) in [6, 6.07) is 5.17. The maximum absolute atomic E-state index is 12.7. The Morgan fingerprint density at radius 1 is 0.589 bits per heavy atom. The molecule has 2 aliphatic heterocycles. The summed E-state index contributed by atoms with van der Waals surface area (Å²) in [5.41, 5.74) is -0.457. The van der Waals surface area contributed by atoms with E-state index >= 15 is 0 Å². The normalized spacial score (nSPS) is 27.1. The molecule has 20 nitrogen and oxygen atoms in total. The molecular formula is C35H47NO19S. The monoisotopic (exact) mass is 817 g/mol. The molecule has 0 unspecified atom stereocenters. The lowest BCUT2D eigenvalue weighted by molar-refractivity contribution is -0.341. The van der Waals surface area contributed by atoms with Crippen molar-refractivity contribution in [1.82, 2.24) is 4.72 Å². The number of carbonyl (C=O) groups is 7. The number of benzene rings is 1. The molecule has 2 saturated heterocycles. The predicted molar refractivity (Wildman–Crippen MR) is 187 cm³/mol. The lowest BCUT2D eigenvalue weighted by Crippen LogP contribution is -2.67. The smallest absolute Gasteiger partial charge is 0.303 e. The van der Waals surface area contributed by atoms with Gasteiger partial charge in [0, 0.05) is 66.6 Å². The average molecular weight is 818 g/mol. The molecule has 0 amide bonds. The zero-order chi connectivity index (χ0) is 41.7. The van der Waals surface area contributed by atoms with Crippen molar-refractivity contribution in [2.75, 3.05) is 27.4 Å². The van der Waals surface area contributed by atoms with Crippen molar-refractivity contribution in [3.63, 3.8) is 0 Å². The first kappa shape index (κ1) is 45.7. The van der Waals surface area contributed by atoms with Crippen LogP contribution in [-0.2, 0) is 87.5 Å². The van der Waals surface area contributed by atoms with Gasteiger partial charge in [-0.05, 0) is 18.0 Å². The van der Waals surface area contributed by atoms with E-state index in [2.05, 4.69) is 4.72 Å². The third kappa shape index (κ3) is 13.5. The Kier molecular flexibility index (Phi) is 17.6. The van der Waals surface area contributed by atoms with Gasteiger partial charge < -0.3 is 56.8 Å². The Balaban J connectivity index is 2.10. The molecule has 0 saturated carbocycles.